The number of thioether (sulfide) groups is 1. The minimum Gasteiger partial charge on any atom is -0.326 e. The lowest BCUT2D eigenvalue weighted by Gasteiger charge is -2.10. The maximum atomic E-state index is 12.6. The Morgan fingerprint density at radius 3 is 1.16 bits per heavy atom. The highest BCUT2D eigenvalue weighted by atomic mass is 32.2. The Balaban J connectivity index is 1.14. The lowest BCUT2D eigenvalue weighted by molar-refractivity contribution is -0.116. The van der Waals surface area contributed by atoms with Crippen LogP contribution in [0.3, 0.4) is 0 Å². The normalized spacial score (nSPS) is 11.4. The first kappa shape index (κ1) is 33.6. The molecule has 0 fully saturated rings. The summed E-state index contributed by atoms with van der Waals surface area (Å²) in [5.41, 5.74) is 3.91. The monoisotopic (exact) mass is 666 g/mol. The van der Waals surface area contributed by atoms with Crippen LogP contribution >= 0.6 is 11.8 Å². The van der Waals surface area contributed by atoms with Crippen LogP contribution in [0.2, 0.25) is 0 Å². The molecule has 4 rings (SSSR count). The van der Waals surface area contributed by atoms with Gasteiger partial charge in [-0.3, -0.25) is 19.0 Å². The number of anilines is 4. The van der Waals surface area contributed by atoms with Gasteiger partial charge >= 0.3 is 0 Å². The van der Waals surface area contributed by atoms with E-state index >= 15 is 0 Å². The molecular weight excluding hydrogens is 633 g/mol. The van der Waals surface area contributed by atoms with E-state index < -0.39 is 20.0 Å². The fraction of sp³-hybridized carbons (Fsp3) is 0.188. The standard InChI is InChI=1S/C32H34N4O6S3/c1-23-3-7-27(8-4-23)35-44(39,40)29-15-11-25(12-16-29)33-31(37)19-21-43-22-20-32(38)34-26-13-17-30(18-14-26)45(41,42)36-28-9-5-24(2)6-10-28/h3-18,35-36H,19-22H2,1-2H3,(H,33,37)(H,34,38). The second-order valence-corrected chi connectivity index (χ2v) is 14.8. The second kappa shape index (κ2) is 15.1. The first-order valence-corrected chi connectivity index (χ1v) is 18.1. The largest absolute Gasteiger partial charge is 0.326 e. The van der Waals surface area contributed by atoms with E-state index in [2.05, 4.69) is 20.1 Å². The molecule has 0 aliphatic rings. The van der Waals surface area contributed by atoms with E-state index in [-0.39, 0.29) is 34.4 Å². The fourth-order valence-electron chi connectivity index (χ4n) is 3.98. The molecule has 4 N–H and O–H groups in total. The number of sulfonamides is 2. The van der Waals surface area contributed by atoms with Gasteiger partial charge in [-0.05, 0) is 86.6 Å². The van der Waals surface area contributed by atoms with Crippen molar-refractivity contribution in [1.82, 2.24) is 0 Å². The number of aryl methyl sites for hydroxylation is 2. The number of hydrogen-bond acceptors (Lipinski definition) is 7. The zero-order chi connectivity index (χ0) is 32.5. The summed E-state index contributed by atoms with van der Waals surface area (Å²) in [7, 11) is -7.53. The summed E-state index contributed by atoms with van der Waals surface area (Å²) in [5.74, 6) is 0.526. The van der Waals surface area contributed by atoms with E-state index in [1.807, 2.05) is 38.1 Å². The van der Waals surface area contributed by atoms with Gasteiger partial charge in [0.05, 0.1) is 9.79 Å². The minimum absolute atomic E-state index is 0.0750. The van der Waals surface area contributed by atoms with Crippen molar-refractivity contribution in [2.24, 2.45) is 0 Å². The van der Waals surface area contributed by atoms with Crippen LogP contribution in [0.5, 0.6) is 0 Å². The topological polar surface area (TPSA) is 151 Å². The van der Waals surface area contributed by atoms with Gasteiger partial charge < -0.3 is 10.6 Å². The molecular formula is C32H34N4O6S3. The zero-order valence-corrected chi connectivity index (χ0v) is 27.2. The highest BCUT2D eigenvalue weighted by Crippen LogP contribution is 2.21. The number of amides is 2. The van der Waals surface area contributed by atoms with Crippen LogP contribution in [0.1, 0.15) is 24.0 Å². The number of hydrogen-bond donors (Lipinski definition) is 4. The first-order chi connectivity index (χ1) is 21.4. The van der Waals surface area contributed by atoms with E-state index in [1.54, 1.807) is 24.3 Å². The van der Waals surface area contributed by atoms with Gasteiger partial charge in [0, 0.05) is 47.1 Å². The smallest absolute Gasteiger partial charge is 0.261 e. The van der Waals surface area contributed by atoms with Crippen LogP contribution in [0.4, 0.5) is 22.7 Å². The van der Waals surface area contributed by atoms with Crippen molar-refractivity contribution >= 4 is 66.4 Å². The first-order valence-electron chi connectivity index (χ1n) is 14.0. The molecule has 0 heterocycles. The van der Waals surface area contributed by atoms with Gasteiger partial charge in [-0.15, -0.1) is 0 Å². The third-order valence-corrected chi connectivity index (χ3v) is 10.2. The summed E-state index contributed by atoms with van der Waals surface area (Å²) < 4.78 is 55.6. The molecule has 10 nitrogen and oxygen atoms in total. The average molecular weight is 667 g/mol. The number of nitrogens with one attached hydrogen (secondary N) is 4. The van der Waals surface area contributed by atoms with Gasteiger partial charge in [-0.25, -0.2) is 16.8 Å². The van der Waals surface area contributed by atoms with E-state index in [0.717, 1.165) is 11.1 Å². The van der Waals surface area contributed by atoms with Crippen molar-refractivity contribution in [3.63, 3.8) is 0 Å². The molecule has 0 aliphatic heterocycles. The molecule has 4 aromatic rings. The molecule has 0 aliphatic carbocycles. The molecule has 13 heteroatoms. The summed E-state index contributed by atoms with van der Waals surface area (Å²) in [6.45, 7) is 3.83. The van der Waals surface area contributed by atoms with Crippen molar-refractivity contribution in [3.8, 4) is 0 Å². The SMILES string of the molecule is Cc1ccc(NS(=O)(=O)c2ccc(NC(=O)CCSCCC(=O)Nc3ccc(S(=O)(=O)Nc4ccc(C)cc4)cc3)cc2)cc1. The van der Waals surface area contributed by atoms with Crippen LogP contribution in [0.25, 0.3) is 0 Å². The average Bonchev–Trinajstić information content (AvgIpc) is 3.00. The van der Waals surface area contributed by atoms with Gasteiger partial charge in [-0.1, -0.05) is 35.4 Å². The summed E-state index contributed by atoms with van der Waals surface area (Å²) >= 11 is 1.45. The van der Waals surface area contributed by atoms with Crippen molar-refractivity contribution in [2.75, 3.05) is 31.6 Å². The summed E-state index contributed by atoms with van der Waals surface area (Å²) in [4.78, 5) is 24.8. The molecule has 0 atom stereocenters. The van der Waals surface area contributed by atoms with Crippen LogP contribution in [0, 0.1) is 13.8 Å². The second-order valence-electron chi connectivity index (χ2n) is 10.2. The summed E-state index contributed by atoms with van der Waals surface area (Å²) in [6, 6.07) is 25.8. The highest BCUT2D eigenvalue weighted by molar-refractivity contribution is 7.99. The molecule has 0 radical (unpaired) electrons. The number of benzene rings is 4. The summed E-state index contributed by atoms with van der Waals surface area (Å²) in [6.07, 6.45) is 0.432. The number of carbonyl (C=O) groups excluding carboxylic acids is 2. The third kappa shape index (κ3) is 10.4. The Labute approximate surface area is 268 Å². The Kier molecular flexibility index (Phi) is 11.3. The van der Waals surface area contributed by atoms with Crippen molar-refractivity contribution < 1.29 is 26.4 Å². The van der Waals surface area contributed by atoms with Gasteiger partial charge in [-0.2, -0.15) is 11.8 Å². The van der Waals surface area contributed by atoms with Crippen molar-refractivity contribution in [2.45, 2.75) is 36.5 Å². The molecule has 0 saturated carbocycles. The van der Waals surface area contributed by atoms with Gasteiger partial charge in [0.15, 0.2) is 0 Å². The Morgan fingerprint density at radius 1 is 0.511 bits per heavy atom. The van der Waals surface area contributed by atoms with Crippen LogP contribution in [-0.2, 0) is 29.6 Å². The predicted molar refractivity (Wildman–Crippen MR) is 181 cm³/mol. The van der Waals surface area contributed by atoms with E-state index in [9.17, 15) is 26.4 Å². The van der Waals surface area contributed by atoms with E-state index in [0.29, 0.717) is 34.3 Å². The van der Waals surface area contributed by atoms with E-state index in [1.165, 1.54) is 60.3 Å². The maximum absolute atomic E-state index is 12.6. The molecule has 0 aromatic heterocycles. The molecule has 45 heavy (non-hydrogen) atoms. The van der Waals surface area contributed by atoms with Gasteiger partial charge in [0.25, 0.3) is 20.0 Å². The third-order valence-electron chi connectivity index (χ3n) is 6.45. The molecule has 236 valence electrons. The number of carbonyl (C=O) groups is 2. The zero-order valence-electron chi connectivity index (χ0n) is 24.7. The Hall–Kier alpha value is -4.33. The molecule has 4 aromatic carbocycles. The van der Waals surface area contributed by atoms with Gasteiger partial charge in [0.2, 0.25) is 11.8 Å². The van der Waals surface area contributed by atoms with Crippen LogP contribution < -0.4 is 20.1 Å². The maximum Gasteiger partial charge on any atom is 0.261 e. The molecule has 0 bridgehead atoms. The lowest BCUT2D eigenvalue weighted by atomic mass is 10.2. The highest BCUT2D eigenvalue weighted by Gasteiger charge is 2.16. The van der Waals surface area contributed by atoms with Gasteiger partial charge in [0.1, 0.15) is 0 Å². The summed E-state index contributed by atoms with van der Waals surface area (Å²) in [5, 5.41) is 5.49. The number of rotatable bonds is 14. The molecule has 2 amide bonds. The van der Waals surface area contributed by atoms with Crippen LogP contribution in [0.15, 0.2) is 107 Å². The Morgan fingerprint density at radius 2 is 0.822 bits per heavy atom. The molecule has 0 unspecified atom stereocenters. The molecule has 0 spiro atoms. The lowest BCUT2D eigenvalue weighted by Crippen LogP contribution is -2.15. The predicted octanol–water partition coefficient (Wildman–Crippen LogP) is 6.00. The quantitative estimate of drug-likeness (QED) is 0.121. The van der Waals surface area contributed by atoms with Crippen molar-refractivity contribution in [3.05, 3.63) is 108 Å². The van der Waals surface area contributed by atoms with Crippen molar-refractivity contribution in [1.29, 1.82) is 0 Å². The minimum atomic E-state index is -3.76. The fourth-order valence-corrected chi connectivity index (χ4v) is 6.97. The van der Waals surface area contributed by atoms with E-state index in [4.69, 9.17) is 0 Å². The molecule has 0 saturated heterocycles. The Bertz CT molecular complexity index is 1690. The van der Waals surface area contributed by atoms with Crippen LogP contribution in [-0.4, -0.2) is 40.2 Å².